The number of carbonyl (C=O) groups excluding carboxylic acids is 1. The van der Waals surface area contributed by atoms with Crippen molar-refractivity contribution in [3.63, 3.8) is 0 Å². The fraction of sp³-hybridized carbons (Fsp3) is 0.400. The summed E-state index contributed by atoms with van der Waals surface area (Å²) in [6.07, 6.45) is 2.13. The maximum absolute atomic E-state index is 12.0. The van der Waals surface area contributed by atoms with Crippen molar-refractivity contribution < 1.29 is 19.6 Å². The van der Waals surface area contributed by atoms with Gasteiger partial charge < -0.3 is 15.0 Å². The number of nitro groups is 1. The van der Waals surface area contributed by atoms with Gasteiger partial charge in [0, 0.05) is 12.6 Å². The first-order valence-electron chi connectivity index (χ1n) is 5.37. The zero-order valence-electron chi connectivity index (χ0n) is 9.33. The predicted octanol–water partition coefficient (Wildman–Crippen LogP) is 0.612. The molecule has 1 unspecified atom stereocenters. The van der Waals surface area contributed by atoms with Gasteiger partial charge >= 0.3 is 5.97 Å². The average molecular weight is 253 g/mol. The largest absolute Gasteiger partial charge is 0.480 e. The Morgan fingerprint density at radius 1 is 1.56 bits per heavy atom. The van der Waals surface area contributed by atoms with Gasteiger partial charge in [-0.05, 0) is 12.8 Å². The van der Waals surface area contributed by atoms with Crippen LogP contribution >= 0.6 is 0 Å². The summed E-state index contributed by atoms with van der Waals surface area (Å²) in [6, 6.07) is 0.263. The Balaban J connectivity index is 2.20. The summed E-state index contributed by atoms with van der Waals surface area (Å²) < 4.78 is 0. The van der Waals surface area contributed by atoms with Gasteiger partial charge in [0.05, 0.1) is 11.1 Å². The molecule has 0 spiro atoms. The SMILES string of the molecule is O=C(O)C1CCCN1C(=O)c1cc([N+](=O)[O-])c[nH]1. The first-order valence-corrected chi connectivity index (χ1v) is 5.37. The number of carboxylic acids is 1. The molecule has 1 aliphatic heterocycles. The van der Waals surface area contributed by atoms with Crippen molar-refractivity contribution in [2.45, 2.75) is 18.9 Å². The summed E-state index contributed by atoms with van der Waals surface area (Å²) in [5.41, 5.74) is -0.181. The van der Waals surface area contributed by atoms with E-state index in [4.69, 9.17) is 5.11 Å². The zero-order valence-corrected chi connectivity index (χ0v) is 9.33. The molecule has 1 fully saturated rings. The van der Waals surface area contributed by atoms with E-state index in [0.29, 0.717) is 19.4 Å². The molecule has 2 heterocycles. The number of aromatic nitrogens is 1. The van der Waals surface area contributed by atoms with Crippen molar-refractivity contribution >= 4 is 17.6 Å². The second kappa shape index (κ2) is 4.47. The number of hydrogen-bond donors (Lipinski definition) is 2. The maximum Gasteiger partial charge on any atom is 0.326 e. The minimum Gasteiger partial charge on any atom is -0.480 e. The molecular weight excluding hydrogens is 242 g/mol. The number of carboxylic acid groups (broad SMARTS) is 1. The van der Waals surface area contributed by atoms with Crippen LogP contribution < -0.4 is 0 Å². The molecule has 0 aliphatic carbocycles. The van der Waals surface area contributed by atoms with Crippen LogP contribution in [-0.4, -0.2) is 44.4 Å². The molecule has 96 valence electrons. The van der Waals surface area contributed by atoms with Crippen LogP contribution in [-0.2, 0) is 4.79 Å². The molecule has 0 bridgehead atoms. The van der Waals surface area contributed by atoms with Gasteiger partial charge in [-0.25, -0.2) is 4.79 Å². The lowest BCUT2D eigenvalue weighted by Gasteiger charge is -2.20. The number of likely N-dealkylation sites (tertiary alicyclic amines) is 1. The van der Waals surface area contributed by atoms with Crippen molar-refractivity contribution in [2.75, 3.05) is 6.54 Å². The highest BCUT2D eigenvalue weighted by molar-refractivity contribution is 5.96. The van der Waals surface area contributed by atoms with E-state index in [0.717, 1.165) is 12.3 Å². The van der Waals surface area contributed by atoms with Gasteiger partial charge in [0.15, 0.2) is 0 Å². The quantitative estimate of drug-likeness (QED) is 0.604. The molecule has 18 heavy (non-hydrogen) atoms. The summed E-state index contributed by atoms with van der Waals surface area (Å²) in [5.74, 6) is -1.57. The number of rotatable bonds is 3. The number of H-pyrrole nitrogens is 1. The number of aliphatic carboxylic acids is 1. The van der Waals surface area contributed by atoms with Gasteiger partial charge in [0.25, 0.3) is 11.6 Å². The maximum atomic E-state index is 12.0. The van der Waals surface area contributed by atoms with Crippen molar-refractivity contribution in [3.05, 3.63) is 28.1 Å². The fourth-order valence-electron chi connectivity index (χ4n) is 2.03. The third-order valence-electron chi connectivity index (χ3n) is 2.91. The van der Waals surface area contributed by atoms with E-state index in [1.54, 1.807) is 0 Å². The van der Waals surface area contributed by atoms with Crippen LogP contribution in [0.25, 0.3) is 0 Å². The Labute approximate surface area is 101 Å². The summed E-state index contributed by atoms with van der Waals surface area (Å²) in [7, 11) is 0. The van der Waals surface area contributed by atoms with Crippen LogP contribution in [0, 0.1) is 10.1 Å². The summed E-state index contributed by atoms with van der Waals surface area (Å²) in [4.78, 5) is 36.6. The highest BCUT2D eigenvalue weighted by Gasteiger charge is 2.35. The minimum absolute atomic E-state index is 0.0369. The fourth-order valence-corrected chi connectivity index (χ4v) is 2.03. The predicted molar refractivity (Wildman–Crippen MR) is 59.1 cm³/mol. The van der Waals surface area contributed by atoms with Crippen molar-refractivity contribution in [3.8, 4) is 0 Å². The topological polar surface area (TPSA) is 117 Å². The molecule has 1 amide bonds. The molecule has 8 heteroatoms. The molecule has 0 radical (unpaired) electrons. The van der Waals surface area contributed by atoms with E-state index < -0.39 is 22.8 Å². The van der Waals surface area contributed by atoms with Crippen molar-refractivity contribution in [1.82, 2.24) is 9.88 Å². The Hall–Kier alpha value is -2.38. The molecule has 0 aromatic carbocycles. The van der Waals surface area contributed by atoms with Gasteiger partial charge in [-0.15, -0.1) is 0 Å². The number of aromatic amines is 1. The van der Waals surface area contributed by atoms with Crippen LogP contribution in [0.1, 0.15) is 23.3 Å². The third kappa shape index (κ3) is 2.04. The highest BCUT2D eigenvalue weighted by Crippen LogP contribution is 2.21. The van der Waals surface area contributed by atoms with Gasteiger partial charge in [-0.2, -0.15) is 0 Å². The van der Waals surface area contributed by atoms with E-state index in [1.165, 1.54) is 4.90 Å². The molecule has 1 aromatic rings. The lowest BCUT2D eigenvalue weighted by molar-refractivity contribution is -0.384. The van der Waals surface area contributed by atoms with Crippen molar-refractivity contribution in [2.24, 2.45) is 0 Å². The zero-order chi connectivity index (χ0) is 13.3. The highest BCUT2D eigenvalue weighted by atomic mass is 16.6. The van der Waals surface area contributed by atoms with Crippen LogP contribution in [0.4, 0.5) is 5.69 Å². The summed E-state index contributed by atoms with van der Waals surface area (Å²) in [6.45, 7) is 0.350. The lowest BCUT2D eigenvalue weighted by atomic mass is 10.2. The molecule has 1 atom stereocenters. The van der Waals surface area contributed by atoms with Crippen LogP contribution in [0.3, 0.4) is 0 Å². The molecule has 2 rings (SSSR count). The Bertz CT molecular complexity index is 509. The molecule has 8 nitrogen and oxygen atoms in total. The average Bonchev–Trinajstić information content (AvgIpc) is 2.97. The van der Waals surface area contributed by atoms with Gasteiger partial charge in [0.1, 0.15) is 11.7 Å². The summed E-state index contributed by atoms with van der Waals surface area (Å²) >= 11 is 0. The Morgan fingerprint density at radius 2 is 2.28 bits per heavy atom. The lowest BCUT2D eigenvalue weighted by Crippen LogP contribution is -2.40. The molecule has 2 N–H and O–H groups in total. The van der Waals surface area contributed by atoms with Crippen molar-refractivity contribution in [1.29, 1.82) is 0 Å². The summed E-state index contributed by atoms with van der Waals surface area (Å²) in [5, 5.41) is 19.5. The van der Waals surface area contributed by atoms with Crippen LogP contribution in [0.2, 0.25) is 0 Å². The number of hydrogen-bond acceptors (Lipinski definition) is 4. The smallest absolute Gasteiger partial charge is 0.326 e. The standard InChI is InChI=1S/C10H11N3O5/c14-9(7-4-6(5-11-7)13(17)18)12-3-1-2-8(12)10(15)16/h4-5,8,11H,1-3H2,(H,15,16). The second-order valence-electron chi connectivity index (χ2n) is 4.02. The molecule has 1 aliphatic rings. The number of nitrogens with zero attached hydrogens (tertiary/aromatic N) is 2. The van der Waals surface area contributed by atoms with E-state index in [2.05, 4.69) is 4.98 Å². The van der Waals surface area contributed by atoms with Gasteiger partial charge in [-0.1, -0.05) is 0 Å². The van der Waals surface area contributed by atoms with E-state index in [-0.39, 0.29) is 11.4 Å². The second-order valence-corrected chi connectivity index (χ2v) is 4.02. The molecule has 1 aromatic heterocycles. The van der Waals surface area contributed by atoms with Gasteiger partial charge in [0.2, 0.25) is 0 Å². The first kappa shape index (κ1) is 12.1. The number of nitrogens with one attached hydrogen (secondary N) is 1. The van der Waals surface area contributed by atoms with E-state index in [9.17, 15) is 19.7 Å². The molecular formula is C10H11N3O5. The Kier molecular flexibility index (Phi) is 3.00. The minimum atomic E-state index is -1.05. The van der Waals surface area contributed by atoms with E-state index >= 15 is 0 Å². The van der Waals surface area contributed by atoms with Crippen LogP contribution in [0.15, 0.2) is 12.3 Å². The van der Waals surface area contributed by atoms with Gasteiger partial charge in [-0.3, -0.25) is 14.9 Å². The van der Waals surface area contributed by atoms with Crippen LogP contribution in [0.5, 0.6) is 0 Å². The number of amides is 1. The monoisotopic (exact) mass is 253 g/mol. The Morgan fingerprint density at radius 3 is 2.83 bits per heavy atom. The van der Waals surface area contributed by atoms with E-state index in [1.807, 2.05) is 0 Å². The first-order chi connectivity index (χ1) is 8.50. The molecule has 1 saturated heterocycles. The third-order valence-corrected chi connectivity index (χ3v) is 2.91. The molecule has 0 saturated carbocycles. The number of carbonyl (C=O) groups is 2. The normalized spacial score (nSPS) is 18.9.